The van der Waals surface area contributed by atoms with Gasteiger partial charge in [0.2, 0.25) is 0 Å². The lowest BCUT2D eigenvalue weighted by atomic mass is 10.1. The average molecular weight is 191 g/mol. The molecule has 0 aromatic carbocycles. The average Bonchev–Trinajstić information content (AvgIpc) is 2.72. The minimum absolute atomic E-state index is 0.946. The van der Waals surface area contributed by atoms with E-state index in [1.165, 1.54) is 32.4 Å². The van der Waals surface area contributed by atoms with E-state index in [1.807, 2.05) is 12.1 Å². The second-order valence-corrected chi connectivity index (χ2v) is 3.78. The predicted octanol–water partition coefficient (Wildman–Crippen LogP) is 2.78. The zero-order valence-electron chi connectivity index (χ0n) is 8.48. The van der Waals surface area contributed by atoms with Crippen molar-refractivity contribution in [3.63, 3.8) is 0 Å². The first-order valence-electron chi connectivity index (χ1n) is 5.37. The third kappa shape index (κ3) is 2.74. The van der Waals surface area contributed by atoms with Gasteiger partial charge in [-0.1, -0.05) is 12.5 Å². The van der Waals surface area contributed by atoms with Crippen LogP contribution in [0.2, 0.25) is 0 Å². The van der Waals surface area contributed by atoms with Gasteiger partial charge in [-0.2, -0.15) is 0 Å². The summed E-state index contributed by atoms with van der Waals surface area (Å²) >= 11 is 0. The normalized spacial score (nSPS) is 19.1. The van der Waals surface area contributed by atoms with Crippen molar-refractivity contribution >= 4 is 6.08 Å². The highest BCUT2D eigenvalue weighted by Crippen LogP contribution is 2.09. The molecule has 1 saturated heterocycles. The molecule has 2 heteroatoms. The fourth-order valence-corrected chi connectivity index (χ4v) is 1.85. The minimum Gasteiger partial charge on any atom is -0.465 e. The van der Waals surface area contributed by atoms with Crippen LogP contribution < -0.4 is 0 Å². The van der Waals surface area contributed by atoms with Crippen molar-refractivity contribution in [2.24, 2.45) is 0 Å². The lowest BCUT2D eigenvalue weighted by molar-refractivity contribution is 0.252. The van der Waals surface area contributed by atoms with Crippen LogP contribution in [0.5, 0.6) is 0 Å². The second kappa shape index (κ2) is 5.01. The zero-order chi connectivity index (χ0) is 9.64. The van der Waals surface area contributed by atoms with E-state index in [-0.39, 0.29) is 0 Å². The molecular weight excluding hydrogens is 174 g/mol. The molecule has 0 saturated carbocycles. The van der Waals surface area contributed by atoms with E-state index in [9.17, 15) is 0 Å². The summed E-state index contributed by atoms with van der Waals surface area (Å²) in [5.74, 6) is 0.946. The van der Waals surface area contributed by atoms with Gasteiger partial charge < -0.3 is 4.42 Å². The topological polar surface area (TPSA) is 16.4 Å². The van der Waals surface area contributed by atoms with Gasteiger partial charge in [-0.3, -0.25) is 4.90 Å². The lowest BCUT2D eigenvalue weighted by Crippen LogP contribution is -2.29. The van der Waals surface area contributed by atoms with Crippen LogP contribution in [0.1, 0.15) is 25.0 Å². The van der Waals surface area contributed by atoms with E-state index in [4.69, 9.17) is 4.42 Å². The summed E-state index contributed by atoms with van der Waals surface area (Å²) in [5, 5.41) is 0. The van der Waals surface area contributed by atoms with Gasteiger partial charge in [0.25, 0.3) is 0 Å². The summed E-state index contributed by atoms with van der Waals surface area (Å²) < 4.78 is 5.22. The van der Waals surface area contributed by atoms with Crippen molar-refractivity contribution in [2.75, 3.05) is 19.6 Å². The highest BCUT2D eigenvalue weighted by atomic mass is 16.3. The van der Waals surface area contributed by atoms with Crippen LogP contribution in [0.15, 0.2) is 28.9 Å². The molecule has 1 aromatic rings. The maximum absolute atomic E-state index is 5.22. The standard InChI is InChI=1S/C12H17NO/c1-2-8-13(9-3-1)10-4-6-12-7-5-11-14-12/h4-7,11H,1-3,8-10H2. The summed E-state index contributed by atoms with van der Waals surface area (Å²) in [6.45, 7) is 3.56. The molecule has 2 nitrogen and oxygen atoms in total. The predicted molar refractivity (Wildman–Crippen MR) is 58.0 cm³/mol. The Hall–Kier alpha value is -1.02. The van der Waals surface area contributed by atoms with Crippen LogP contribution in [0.4, 0.5) is 0 Å². The molecule has 2 rings (SSSR count). The molecule has 76 valence electrons. The molecular formula is C12H17NO. The molecule has 1 aromatic heterocycles. The Morgan fingerprint density at radius 2 is 2.14 bits per heavy atom. The SMILES string of the molecule is C(=Cc1ccco1)CN1CCCCC1. The summed E-state index contributed by atoms with van der Waals surface area (Å²) in [6.07, 6.45) is 10.1. The highest BCUT2D eigenvalue weighted by molar-refractivity contribution is 5.42. The van der Waals surface area contributed by atoms with Gasteiger partial charge in [0, 0.05) is 6.54 Å². The first-order valence-corrected chi connectivity index (χ1v) is 5.37. The van der Waals surface area contributed by atoms with Crippen molar-refractivity contribution in [3.8, 4) is 0 Å². The van der Waals surface area contributed by atoms with Crippen LogP contribution in [0, 0.1) is 0 Å². The second-order valence-electron chi connectivity index (χ2n) is 3.78. The van der Waals surface area contributed by atoms with Crippen LogP contribution in [0.3, 0.4) is 0 Å². The number of piperidine rings is 1. The molecule has 0 amide bonds. The summed E-state index contributed by atoms with van der Waals surface area (Å²) in [6, 6.07) is 3.90. The van der Waals surface area contributed by atoms with Gasteiger partial charge in [0.15, 0.2) is 0 Å². The van der Waals surface area contributed by atoms with E-state index in [2.05, 4.69) is 17.1 Å². The fraction of sp³-hybridized carbons (Fsp3) is 0.500. The Bertz CT molecular complexity index is 271. The van der Waals surface area contributed by atoms with Crippen molar-refractivity contribution in [3.05, 3.63) is 30.2 Å². The molecule has 0 unspecified atom stereocenters. The molecule has 0 bridgehead atoms. The van der Waals surface area contributed by atoms with Crippen LogP contribution in [-0.4, -0.2) is 24.5 Å². The number of hydrogen-bond donors (Lipinski definition) is 0. The summed E-state index contributed by atoms with van der Waals surface area (Å²) in [5.41, 5.74) is 0. The molecule has 1 fully saturated rings. The third-order valence-corrected chi connectivity index (χ3v) is 2.64. The maximum Gasteiger partial charge on any atom is 0.126 e. The minimum atomic E-state index is 0.946. The van der Waals surface area contributed by atoms with E-state index in [0.717, 1.165) is 12.3 Å². The van der Waals surface area contributed by atoms with Gasteiger partial charge in [-0.15, -0.1) is 0 Å². The lowest BCUT2D eigenvalue weighted by Gasteiger charge is -2.24. The van der Waals surface area contributed by atoms with Crippen molar-refractivity contribution < 1.29 is 4.42 Å². The number of hydrogen-bond acceptors (Lipinski definition) is 2. The largest absolute Gasteiger partial charge is 0.465 e. The van der Waals surface area contributed by atoms with Gasteiger partial charge in [-0.05, 0) is 44.1 Å². The first kappa shape index (κ1) is 9.53. The fourth-order valence-electron chi connectivity index (χ4n) is 1.85. The number of rotatable bonds is 3. The van der Waals surface area contributed by atoms with E-state index < -0.39 is 0 Å². The van der Waals surface area contributed by atoms with Crippen LogP contribution in [-0.2, 0) is 0 Å². The highest BCUT2D eigenvalue weighted by Gasteiger charge is 2.07. The Labute approximate surface area is 85.2 Å². The monoisotopic (exact) mass is 191 g/mol. The van der Waals surface area contributed by atoms with Gasteiger partial charge in [-0.25, -0.2) is 0 Å². The Morgan fingerprint density at radius 3 is 2.86 bits per heavy atom. The van der Waals surface area contributed by atoms with Crippen LogP contribution in [0.25, 0.3) is 6.08 Å². The molecule has 1 aliphatic rings. The van der Waals surface area contributed by atoms with Gasteiger partial charge in [0.05, 0.1) is 6.26 Å². The quantitative estimate of drug-likeness (QED) is 0.730. The molecule has 0 atom stereocenters. The zero-order valence-corrected chi connectivity index (χ0v) is 8.48. The summed E-state index contributed by atoms with van der Waals surface area (Å²) in [7, 11) is 0. The smallest absolute Gasteiger partial charge is 0.126 e. The Kier molecular flexibility index (Phi) is 3.41. The molecule has 0 radical (unpaired) electrons. The van der Waals surface area contributed by atoms with E-state index >= 15 is 0 Å². The third-order valence-electron chi connectivity index (χ3n) is 2.64. The molecule has 0 aliphatic carbocycles. The van der Waals surface area contributed by atoms with Crippen molar-refractivity contribution in [1.82, 2.24) is 4.90 Å². The van der Waals surface area contributed by atoms with E-state index in [0.29, 0.717) is 0 Å². The molecule has 1 aliphatic heterocycles. The molecule has 0 N–H and O–H groups in total. The Morgan fingerprint density at radius 1 is 1.29 bits per heavy atom. The van der Waals surface area contributed by atoms with Gasteiger partial charge >= 0.3 is 0 Å². The maximum atomic E-state index is 5.22. The summed E-state index contributed by atoms with van der Waals surface area (Å²) in [4.78, 5) is 2.49. The number of likely N-dealkylation sites (tertiary alicyclic amines) is 1. The Balaban J connectivity index is 1.76. The van der Waals surface area contributed by atoms with Crippen molar-refractivity contribution in [1.29, 1.82) is 0 Å². The van der Waals surface area contributed by atoms with E-state index in [1.54, 1.807) is 6.26 Å². The van der Waals surface area contributed by atoms with Crippen LogP contribution >= 0.6 is 0 Å². The number of furan rings is 1. The first-order chi connectivity index (χ1) is 6.95. The molecule has 2 heterocycles. The molecule has 0 spiro atoms. The molecule has 14 heavy (non-hydrogen) atoms. The number of nitrogens with zero attached hydrogens (tertiary/aromatic N) is 1. The van der Waals surface area contributed by atoms with Gasteiger partial charge in [0.1, 0.15) is 5.76 Å². The van der Waals surface area contributed by atoms with Crippen molar-refractivity contribution in [2.45, 2.75) is 19.3 Å².